The molecular weight excluding hydrogens is 126 g/mol. The minimum Gasteiger partial charge on any atom is -0.401 e. The molecule has 0 heterocycles. The van der Waals surface area contributed by atoms with Gasteiger partial charge in [0.25, 0.3) is 0 Å². The minimum absolute atomic E-state index is 0.0232. The Kier molecular flexibility index (Phi) is 0.862. The summed E-state index contributed by atoms with van der Waals surface area (Å²) >= 11 is 0. The van der Waals surface area contributed by atoms with E-state index in [1.807, 2.05) is 6.08 Å². The Hall–Kier alpha value is -1.05. The summed E-state index contributed by atoms with van der Waals surface area (Å²) in [6.45, 7) is 0. The maximum Gasteiger partial charge on any atom is 0.180 e. The highest BCUT2D eigenvalue weighted by molar-refractivity contribution is 6.01. The summed E-state index contributed by atoms with van der Waals surface area (Å²) in [5, 5.41) is 0. The molecule has 2 N–H and O–H groups in total. The van der Waals surface area contributed by atoms with Crippen LogP contribution in [0.5, 0.6) is 0 Å². The average Bonchev–Trinajstić information content (AvgIpc) is 2.62. The van der Waals surface area contributed by atoms with Crippen molar-refractivity contribution in [2.75, 3.05) is 0 Å². The quantitative estimate of drug-likeness (QED) is 0.532. The van der Waals surface area contributed by atoms with Gasteiger partial charge in [0, 0.05) is 17.2 Å². The predicted molar refractivity (Wildman–Crippen MR) is 38.1 cm³/mol. The zero-order valence-corrected chi connectivity index (χ0v) is 5.63. The second-order valence-electron chi connectivity index (χ2n) is 2.99. The zero-order chi connectivity index (χ0) is 7.19. The van der Waals surface area contributed by atoms with Crippen molar-refractivity contribution in [3.63, 3.8) is 0 Å². The monoisotopic (exact) mass is 135 g/mol. The molecule has 2 aliphatic rings. The van der Waals surface area contributed by atoms with Gasteiger partial charge < -0.3 is 5.73 Å². The highest BCUT2D eigenvalue weighted by atomic mass is 16.1. The van der Waals surface area contributed by atoms with Gasteiger partial charge >= 0.3 is 0 Å². The first-order valence-corrected chi connectivity index (χ1v) is 3.44. The van der Waals surface area contributed by atoms with Crippen molar-refractivity contribution >= 4 is 5.78 Å². The van der Waals surface area contributed by atoms with Gasteiger partial charge in [0.1, 0.15) is 0 Å². The van der Waals surface area contributed by atoms with Gasteiger partial charge in [-0.1, -0.05) is 6.08 Å². The number of carbonyl (C=O) groups excluding carboxylic acids is 1. The van der Waals surface area contributed by atoms with Crippen LogP contribution < -0.4 is 5.73 Å². The first-order valence-electron chi connectivity index (χ1n) is 3.44. The summed E-state index contributed by atoms with van der Waals surface area (Å²) < 4.78 is 0. The minimum atomic E-state index is 0.0232. The molecule has 1 saturated carbocycles. The van der Waals surface area contributed by atoms with Crippen molar-refractivity contribution in [2.45, 2.75) is 12.8 Å². The fourth-order valence-corrected chi connectivity index (χ4v) is 1.27. The highest BCUT2D eigenvalue weighted by Crippen LogP contribution is 2.52. The van der Waals surface area contributed by atoms with Gasteiger partial charge in [-0.3, -0.25) is 4.79 Å². The number of allylic oxidation sites excluding steroid dienone is 3. The molecule has 0 atom stereocenters. The van der Waals surface area contributed by atoms with Gasteiger partial charge in [-0.2, -0.15) is 0 Å². The second-order valence-corrected chi connectivity index (χ2v) is 2.99. The molecular formula is C8H9NO. The van der Waals surface area contributed by atoms with Crippen molar-refractivity contribution in [3.05, 3.63) is 23.9 Å². The first-order chi connectivity index (χ1) is 4.73. The van der Waals surface area contributed by atoms with Crippen molar-refractivity contribution in [2.24, 2.45) is 11.1 Å². The molecule has 0 amide bonds. The number of hydrogen-bond donors (Lipinski definition) is 1. The molecule has 0 bridgehead atoms. The largest absolute Gasteiger partial charge is 0.401 e. The lowest BCUT2D eigenvalue weighted by Gasteiger charge is -2.12. The molecule has 0 radical (unpaired) electrons. The Morgan fingerprint density at radius 2 is 2.20 bits per heavy atom. The summed E-state index contributed by atoms with van der Waals surface area (Å²) in [4.78, 5) is 10.7. The molecule has 0 aromatic rings. The van der Waals surface area contributed by atoms with Crippen LogP contribution in [0.25, 0.3) is 0 Å². The fraction of sp³-hybridized carbons (Fsp3) is 0.375. The lowest BCUT2D eigenvalue weighted by atomic mass is 9.96. The lowest BCUT2D eigenvalue weighted by Crippen LogP contribution is -2.15. The van der Waals surface area contributed by atoms with E-state index in [1.54, 1.807) is 6.08 Å². The molecule has 0 aromatic heterocycles. The van der Waals surface area contributed by atoms with Crippen LogP contribution in [0.1, 0.15) is 12.8 Å². The van der Waals surface area contributed by atoms with E-state index in [4.69, 9.17) is 5.73 Å². The van der Waals surface area contributed by atoms with Gasteiger partial charge in [0.05, 0.1) is 0 Å². The van der Waals surface area contributed by atoms with E-state index in [0.29, 0.717) is 0 Å². The molecule has 2 heteroatoms. The highest BCUT2D eigenvalue weighted by Gasteiger charge is 2.44. The number of hydrogen-bond acceptors (Lipinski definition) is 2. The van der Waals surface area contributed by atoms with E-state index >= 15 is 0 Å². The normalized spacial score (nSPS) is 26.8. The van der Waals surface area contributed by atoms with Crippen LogP contribution >= 0.6 is 0 Å². The molecule has 2 aliphatic carbocycles. The number of ketones is 1. The van der Waals surface area contributed by atoms with E-state index < -0.39 is 0 Å². The van der Waals surface area contributed by atoms with Gasteiger partial charge in [-0.05, 0) is 18.9 Å². The Morgan fingerprint density at radius 3 is 2.70 bits per heavy atom. The van der Waals surface area contributed by atoms with Crippen LogP contribution in [-0.2, 0) is 4.79 Å². The zero-order valence-electron chi connectivity index (χ0n) is 5.63. The van der Waals surface area contributed by atoms with Gasteiger partial charge in [-0.15, -0.1) is 0 Å². The summed E-state index contributed by atoms with van der Waals surface area (Å²) in [5.74, 6) is 0.0232. The molecule has 10 heavy (non-hydrogen) atoms. The summed E-state index contributed by atoms with van der Waals surface area (Å²) in [6.07, 6.45) is 7.30. The van der Waals surface area contributed by atoms with Gasteiger partial charge in [-0.25, -0.2) is 0 Å². The topological polar surface area (TPSA) is 43.1 Å². The van der Waals surface area contributed by atoms with Crippen LogP contribution in [0.3, 0.4) is 0 Å². The van der Waals surface area contributed by atoms with Gasteiger partial charge in [0.15, 0.2) is 5.78 Å². The SMILES string of the molecule is NC1=CC(=O)C=CC12CC2. The lowest BCUT2D eigenvalue weighted by molar-refractivity contribution is -0.110. The standard InChI is InChI=1S/C8H9NO/c9-7-5-6(10)1-2-8(7)3-4-8/h1-2,5H,3-4,9H2. The van der Waals surface area contributed by atoms with Crippen LogP contribution in [0.2, 0.25) is 0 Å². The first kappa shape index (κ1) is 5.71. The maximum atomic E-state index is 10.7. The molecule has 1 spiro atoms. The van der Waals surface area contributed by atoms with E-state index in [9.17, 15) is 4.79 Å². The molecule has 52 valence electrons. The predicted octanol–water partition coefficient (Wildman–Crippen LogP) is 0.748. The van der Waals surface area contributed by atoms with E-state index in [-0.39, 0.29) is 11.2 Å². The maximum absolute atomic E-state index is 10.7. The third-order valence-corrected chi connectivity index (χ3v) is 2.23. The molecule has 0 unspecified atom stereocenters. The van der Waals surface area contributed by atoms with Crippen LogP contribution in [0, 0.1) is 5.41 Å². The summed E-state index contributed by atoms with van der Waals surface area (Å²) in [5.41, 5.74) is 6.51. The van der Waals surface area contributed by atoms with Crippen molar-refractivity contribution in [1.29, 1.82) is 0 Å². The third-order valence-electron chi connectivity index (χ3n) is 2.23. The second kappa shape index (κ2) is 1.51. The molecule has 0 saturated heterocycles. The molecule has 2 rings (SSSR count). The van der Waals surface area contributed by atoms with Crippen LogP contribution in [0.4, 0.5) is 0 Å². The molecule has 1 fully saturated rings. The van der Waals surface area contributed by atoms with Crippen LogP contribution in [-0.4, -0.2) is 5.78 Å². The Balaban J connectivity index is 2.36. The Bertz CT molecular complexity index is 246. The van der Waals surface area contributed by atoms with Crippen molar-refractivity contribution in [3.8, 4) is 0 Å². The summed E-state index contributed by atoms with van der Waals surface area (Å²) in [6, 6.07) is 0. The van der Waals surface area contributed by atoms with Crippen LogP contribution in [0.15, 0.2) is 23.9 Å². The van der Waals surface area contributed by atoms with E-state index in [2.05, 4.69) is 0 Å². The smallest absolute Gasteiger partial charge is 0.180 e. The molecule has 0 aliphatic heterocycles. The fourth-order valence-electron chi connectivity index (χ4n) is 1.27. The average molecular weight is 135 g/mol. The van der Waals surface area contributed by atoms with E-state index in [0.717, 1.165) is 18.5 Å². The molecule has 2 nitrogen and oxygen atoms in total. The number of carbonyl (C=O) groups is 1. The number of rotatable bonds is 0. The van der Waals surface area contributed by atoms with Gasteiger partial charge in [0.2, 0.25) is 0 Å². The summed E-state index contributed by atoms with van der Waals surface area (Å²) in [7, 11) is 0. The van der Waals surface area contributed by atoms with Crippen molar-refractivity contribution in [1.82, 2.24) is 0 Å². The van der Waals surface area contributed by atoms with Crippen molar-refractivity contribution < 1.29 is 4.79 Å². The number of nitrogens with two attached hydrogens (primary N) is 1. The molecule has 0 aromatic carbocycles. The Labute approximate surface area is 59.4 Å². The third kappa shape index (κ3) is 0.618. The Morgan fingerprint density at radius 1 is 1.50 bits per heavy atom. The van der Waals surface area contributed by atoms with E-state index in [1.165, 1.54) is 6.08 Å².